The number of methoxy groups -OCH3 is 4. The monoisotopic (exact) mass is 2120 g/mol. The van der Waals surface area contributed by atoms with E-state index >= 15 is 0 Å². The number of nitrogens with one attached hydrogen (secondary N) is 4. The number of primary amides is 1. The minimum atomic E-state index is -0.942. The van der Waals surface area contributed by atoms with E-state index in [1.54, 1.807) is 23.0 Å². The maximum Gasteiger partial charge on any atom is 0.410 e. The highest BCUT2D eigenvalue weighted by molar-refractivity contribution is 6.42. The minimum absolute atomic E-state index is 0.0143. The summed E-state index contributed by atoms with van der Waals surface area (Å²) in [5.41, 5.74) is 15.1. The van der Waals surface area contributed by atoms with E-state index in [9.17, 15) is 47.1 Å². The van der Waals surface area contributed by atoms with Crippen molar-refractivity contribution in [2.24, 2.45) is 5.73 Å². The van der Waals surface area contributed by atoms with E-state index in [0.29, 0.717) is 93.3 Å². The van der Waals surface area contributed by atoms with Crippen LogP contribution in [-0.2, 0) is 9.47 Å². The van der Waals surface area contributed by atoms with Crippen LogP contribution in [0.4, 0.5) is 40.4 Å². The Kier molecular flexibility index (Phi) is 41.2. The number of imide groups is 1. The molecule has 48 heteroatoms. The van der Waals surface area contributed by atoms with Crippen molar-refractivity contribution in [2.75, 3.05) is 70.6 Å². The second kappa shape index (κ2) is 49.7. The first kappa shape index (κ1) is 117. The van der Waals surface area contributed by atoms with Gasteiger partial charge in [-0.15, -0.1) is 0 Å². The van der Waals surface area contributed by atoms with Gasteiger partial charge in [-0.05, 0) is 141 Å². The number of hydrogen-bond acceptors (Lipinski definition) is 30. The Balaban J connectivity index is 0.000000242. The molecule has 6 amide bonds. The highest BCUT2D eigenvalue weighted by Gasteiger charge is 2.39. The highest BCUT2D eigenvalue weighted by atomic mass is 35.5. The number of nitrogen functional groups attached to an aromatic ring is 1. The number of H-pyrrole nitrogens is 1. The molecular weight excluding hydrogens is 2000 g/mol. The van der Waals surface area contributed by atoms with Crippen molar-refractivity contribution in [3.8, 4) is 35.4 Å². The number of fused-ring (bicyclic) bond motifs is 2. The van der Waals surface area contributed by atoms with Crippen molar-refractivity contribution < 1.29 is 61.2 Å². The number of nitrogens with two attached hydrogens (primary N) is 2. The molecule has 2 saturated heterocycles. The van der Waals surface area contributed by atoms with Crippen LogP contribution in [-0.4, -0.2) is 209 Å². The van der Waals surface area contributed by atoms with Gasteiger partial charge in [-0.25, -0.2) is 61.8 Å². The predicted molar refractivity (Wildman–Crippen MR) is 544 cm³/mol. The Morgan fingerprint density at radius 2 is 0.809 bits per heavy atom. The number of nitrogens with zero attached hydrogens (tertiary/aromatic N) is 18. The van der Waals surface area contributed by atoms with Crippen molar-refractivity contribution in [3.63, 3.8) is 0 Å². The third-order valence-electron chi connectivity index (χ3n) is 20.9. The standard InChI is InChI=1S/C29H39Cl2N7O4.C18H20Cl2FN5O3.C18H19Cl2N5O3.C11H19N3O.C11H22N2O2.C6H3Cl2FN2O/c1-14(2)20-22(21(15(3)4)33-26(32-20)41-10)38-25-18(11-19(30)23(31)34-25)24(35-27(38)39)36-12-17(6)37(13-16(36)5)28(40)42-29(7,8)9;1-7(2)11-13(12(8(3)4)24-18(23-11)29-5)22-17(28)26-16(27)9-6-10(21)15(20)25-14(9)19;1-7(2)11-13(12(8(3)4)22-17(21-11)28-5)25-15-9(16(26)24-18(25)27)6-10(19)14(20)23-15;1-6(2)9-8(12)10(7(3)4)14-11(13-9)15-5;1-8-7-13(9(2)6-12-8)10(14)15-11(3,4)5;7-4-2(6(10)12)1-3(9)5(8)11-4/h11,14-17H,12-13H2,1-10H3;6-8H,1-5H3,(H2,22,26,27,28);6-8H,1-5H3,(H,24,26,27);6-7H,12H2,1-5H3;8-9,12H,6-7H2,1-5H3;1H,(H2,10,12)/t16-,17+;;;;8-,9+;/m0...0./s1. The molecule has 0 bridgehead atoms. The SMILES string of the molecule is COc1nc(C(C)C)c(-n2c(=O)[nH]c(=O)c3cc(Cl)c(Cl)nc32)c(C(C)C)n1.COc1nc(C(C)C)c(-n2c(=O)nc(N3C[C@@H](C)N(C(=O)OC(C)(C)C)C[C@@H]3C)c3cc(Cl)c(Cl)nc32)c(C(C)C)n1.COc1nc(C(C)C)c(N)c(C(C)C)n1.COc1nc(C(C)C)c(NC(=O)NC(=O)c2cc(F)c(Cl)nc2Cl)c(C(C)C)n1.C[C@@H]1CN[C@@H](C)CN1C(=O)OC(C)(C)C.NC(=O)c1cc(F)c(Cl)nc1Cl. The van der Waals surface area contributed by atoms with Crippen LogP contribution in [0.2, 0.25) is 41.0 Å². The average molecular weight is 2120 g/mol. The number of urea groups is 1. The van der Waals surface area contributed by atoms with Crippen LogP contribution in [0.5, 0.6) is 24.0 Å². The molecule has 2 aliphatic heterocycles. The number of ether oxygens (including phenoxy) is 6. The zero-order valence-corrected chi connectivity index (χ0v) is 90.3. The lowest BCUT2D eigenvalue weighted by molar-refractivity contribution is 0.0101. The maximum atomic E-state index is 14.1. The zero-order valence-electron chi connectivity index (χ0n) is 84.3. The van der Waals surface area contributed by atoms with Crippen LogP contribution in [0.1, 0.15) is 294 Å². The van der Waals surface area contributed by atoms with Crippen LogP contribution in [0.25, 0.3) is 33.4 Å². The number of carbonyl (C=O) groups is 5. The summed E-state index contributed by atoms with van der Waals surface area (Å²) in [5, 5.41) is 7.67. The number of rotatable bonds is 18. The molecule has 12 heterocycles. The second-order valence-electron chi connectivity index (χ2n) is 37.3. The first-order valence-corrected chi connectivity index (χ1v) is 47.9. The fourth-order valence-corrected chi connectivity index (χ4v) is 15.5. The summed E-state index contributed by atoms with van der Waals surface area (Å²) >= 11 is 47.1. The van der Waals surface area contributed by atoms with Gasteiger partial charge in [0.2, 0.25) is 0 Å². The summed E-state index contributed by atoms with van der Waals surface area (Å²) in [6.45, 7) is 53.0. The van der Waals surface area contributed by atoms with Crippen LogP contribution < -0.4 is 68.2 Å². The molecule has 8 N–H and O–H groups in total. The number of pyridine rings is 4. The molecule has 0 saturated carbocycles. The van der Waals surface area contributed by atoms with Gasteiger partial charge in [0.1, 0.15) is 37.6 Å². The van der Waals surface area contributed by atoms with E-state index in [0.717, 1.165) is 36.6 Å². The minimum Gasteiger partial charge on any atom is -0.467 e. The molecule has 768 valence electrons. The van der Waals surface area contributed by atoms with E-state index in [4.69, 9.17) is 133 Å². The van der Waals surface area contributed by atoms with Crippen LogP contribution >= 0.6 is 92.8 Å². The largest absolute Gasteiger partial charge is 0.467 e. The molecular formula is C93H122Cl8F2N24O14. The van der Waals surface area contributed by atoms with Crippen LogP contribution in [0.15, 0.2) is 38.6 Å². The van der Waals surface area contributed by atoms with Gasteiger partial charge in [-0.1, -0.05) is 204 Å². The number of piperazine rings is 2. The van der Waals surface area contributed by atoms with Gasteiger partial charge in [0.15, 0.2) is 33.2 Å². The summed E-state index contributed by atoms with van der Waals surface area (Å²) in [6, 6.07) is 4.97. The van der Waals surface area contributed by atoms with Crippen molar-refractivity contribution in [1.82, 2.24) is 99.3 Å². The Hall–Kier alpha value is -11.1. The molecule has 2 aliphatic rings. The normalized spacial score (nSPS) is 14.9. The average Bonchev–Trinajstić information content (AvgIpc) is 0.733. The van der Waals surface area contributed by atoms with E-state index in [1.165, 1.54) is 36.5 Å². The molecule has 0 spiro atoms. The summed E-state index contributed by atoms with van der Waals surface area (Å²) in [6.07, 6.45) is -0.587. The third-order valence-corrected chi connectivity index (χ3v) is 23.3. The Labute approximate surface area is 856 Å². The number of anilines is 3. The van der Waals surface area contributed by atoms with Crippen molar-refractivity contribution >= 4 is 162 Å². The van der Waals surface area contributed by atoms with Crippen molar-refractivity contribution in [2.45, 2.75) is 263 Å². The van der Waals surface area contributed by atoms with Gasteiger partial charge in [-0.3, -0.25) is 24.7 Å². The highest BCUT2D eigenvalue weighted by Crippen LogP contribution is 2.40. The molecule has 10 aromatic rings. The number of carbonyl (C=O) groups excluding carboxylic acids is 5. The molecule has 0 aromatic carbocycles. The predicted octanol–water partition coefficient (Wildman–Crippen LogP) is 19.5. The number of amides is 6. The number of halogens is 10. The number of aromatic amines is 1. The van der Waals surface area contributed by atoms with E-state index in [1.807, 2.05) is 150 Å². The molecule has 141 heavy (non-hydrogen) atoms. The van der Waals surface area contributed by atoms with E-state index in [2.05, 4.69) is 120 Å². The summed E-state index contributed by atoms with van der Waals surface area (Å²) in [5.74, 6) is -3.03. The molecule has 12 rings (SSSR count). The van der Waals surface area contributed by atoms with Gasteiger partial charge in [-0.2, -0.15) is 44.9 Å². The maximum absolute atomic E-state index is 14.1. The first-order chi connectivity index (χ1) is 65.5. The lowest BCUT2D eigenvalue weighted by Crippen LogP contribution is -2.59. The first-order valence-electron chi connectivity index (χ1n) is 44.9. The third kappa shape index (κ3) is 29.8. The van der Waals surface area contributed by atoms with E-state index < -0.39 is 62.8 Å². The van der Waals surface area contributed by atoms with Crippen molar-refractivity contribution in [3.05, 3.63) is 165 Å². The number of hydrogen-bond donors (Lipinski definition) is 6. The molecule has 38 nitrogen and oxygen atoms in total. The smallest absolute Gasteiger partial charge is 0.410 e. The fraction of sp³-hybridized carbons (Fsp3) is 0.516. The van der Waals surface area contributed by atoms with Crippen LogP contribution in [0.3, 0.4) is 0 Å². The summed E-state index contributed by atoms with van der Waals surface area (Å²) < 4.78 is 60.8. The topological polar surface area (TPSA) is 483 Å². The molecule has 0 radical (unpaired) electrons. The van der Waals surface area contributed by atoms with Gasteiger partial charge in [0, 0.05) is 50.3 Å². The molecule has 0 unspecified atom stereocenters. The molecule has 10 aromatic heterocycles. The molecule has 0 aliphatic carbocycles. The van der Waals surface area contributed by atoms with Gasteiger partial charge >= 0.3 is 53.6 Å². The second-order valence-corrected chi connectivity index (χ2v) is 40.3. The quantitative estimate of drug-likeness (QED) is 0.0434. The summed E-state index contributed by atoms with van der Waals surface area (Å²) in [7, 11) is 6.01. The molecule has 2 fully saturated rings. The Morgan fingerprint density at radius 3 is 1.20 bits per heavy atom. The summed E-state index contributed by atoms with van der Waals surface area (Å²) in [4.78, 5) is 163. The lowest BCUT2D eigenvalue weighted by atomic mass is 10.0. The Morgan fingerprint density at radius 1 is 0.447 bits per heavy atom. The van der Waals surface area contributed by atoms with Gasteiger partial charge in [0.25, 0.3) is 17.4 Å². The van der Waals surface area contributed by atoms with E-state index in [-0.39, 0.29) is 159 Å². The van der Waals surface area contributed by atoms with Gasteiger partial charge in [0.05, 0.1) is 129 Å². The fourth-order valence-electron chi connectivity index (χ4n) is 14.1. The van der Waals surface area contributed by atoms with Crippen LogP contribution in [0, 0.1) is 11.6 Å². The Bertz CT molecular complexity index is 6320. The van der Waals surface area contributed by atoms with Crippen molar-refractivity contribution in [1.29, 1.82) is 0 Å². The molecule has 4 atom stereocenters. The zero-order chi connectivity index (χ0) is 106. The van der Waals surface area contributed by atoms with Gasteiger partial charge < -0.3 is 65.2 Å². The lowest BCUT2D eigenvalue weighted by Gasteiger charge is -2.44. The number of aromatic nitrogens is 16.